The molecule has 0 aliphatic rings. The summed E-state index contributed by atoms with van der Waals surface area (Å²) in [6, 6.07) is 7.80. The van der Waals surface area contributed by atoms with Crippen molar-refractivity contribution in [3.05, 3.63) is 52.2 Å². The summed E-state index contributed by atoms with van der Waals surface area (Å²) >= 11 is 0. The highest BCUT2D eigenvalue weighted by Crippen LogP contribution is 2.16. The van der Waals surface area contributed by atoms with E-state index in [9.17, 15) is 14.4 Å². The minimum atomic E-state index is -0.694. The molecule has 7 nitrogen and oxygen atoms in total. The number of benzene rings is 1. The van der Waals surface area contributed by atoms with Crippen LogP contribution in [0.3, 0.4) is 0 Å². The Kier molecular flexibility index (Phi) is 5.13. The van der Waals surface area contributed by atoms with Gasteiger partial charge in [-0.15, -0.1) is 0 Å². The molecule has 7 heteroatoms. The van der Waals surface area contributed by atoms with E-state index >= 15 is 0 Å². The third-order valence-corrected chi connectivity index (χ3v) is 3.52. The fourth-order valence-electron chi connectivity index (χ4n) is 2.43. The molecule has 0 fully saturated rings. The molecule has 0 bridgehead atoms. The van der Waals surface area contributed by atoms with Gasteiger partial charge in [0.15, 0.2) is 0 Å². The van der Waals surface area contributed by atoms with Crippen molar-refractivity contribution >= 4 is 23.2 Å². The number of hydrogen-bond acceptors (Lipinski definition) is 4. The van der Waals surface area contributed by atoms with Crippen molar-refractivity contribution in [2.75, 3.05) is 10.6 Å². The first-order valence-electron chi connectivity index (χ1n) is 7.53. The van der Waals surface area contributed by atoms with E-state index in [1.807, 2.05) is 0 Å². The Hall–Kier alpha value is -2.96. The van der Waals surface area contributed by atoms with Gasteiger partial charge in [0.1, 0.15) is 6.04 Å². The molecule has 126 valence electrons. The van der Waals surface area contributed by atoms with Crippen LogP contribution in [-0.2, 0) is 9.59 Å². The Labute approximate surface area is 139 Å². The summed E-state index contributed by atoms with van der Waals surface area (Å²) in [5, 5.41) is 5.40. The van der Waals surface area contributed by atoms with Crippen molar-refractivity contribution in [3.8, 4) is 0 Å². The van der Waals surface area contributed by atoms with Gasteiger partial charge in [-0.2, -0.15) is 4.98 Å². The molecule has 0 saturated carbocycles. The third-order valence-electron chi connectivity index (χ3n) is 3.52. The van der Waals surface area contributed by atoms with Crippen LogP contribution in [0, 0.1) is 13.8 Å². The van der Waals surface area contributed by atoms with Gasteiger partial charge in [-0.3, -0.25) is 14.2 Å². The molecule has 0 aliphatic carbocycles. The number of amides is 2. The summed E-state index contributed by atoms with van der Waals surface area (Å²) in [7, 11) is 0. The van der Waals surface area contributed by atoms with Crippen LogP contribution < -0.4 is 16.3 Å². The van der Waals surface area contributed by atoms with Gasteiger partial charge in [-0.25, -0.2) is 4.79 Å². The Morgan fingerprint density at radius 2 is 1.62 bits per heavy atom. The zero-order chi connectivity index (χ0) is 17.9. The smallest absolute Gasteiger partial charge is 0.326 e. The van der Waals surface area contributed by atoms with Crippen molar-refractivity contribution in [3.63, 3.8) is 0 Å². The summed E-state index contributed by atoms with van der Waals surface area (Å²) in [6.07, 6.45) is 0. The normalized spacial score (nSPS) is 11.7. The number of hydrogen-bond donors (Lipinski definition) is 2. The van der Waals surface area contributed by atoms with E-state index in [1.54, 1.807) is 51.1 Å². The molecule has 2 N–H and O–H groups in total. The summed E-state index contributed by atoms with van der Waals surface area (Å²) < 4.78 is 1.36. The number of carbonyl (C=O) groups excluding carboxylic acids is 2. The molecular weight excluding hydrogens is 308 g/mol. The van der Waals surface area contributed by atoms with Crippen LogP contribution in [-0.4, -0.2) is 21.4 Å². The van der Waals surface area contributed by atoms with Gasteiger partial charge in [0.2, 0.25) is 11.8 Å². The monoisotopic (exact) mass is 328 g/mol. The number of aryl methyl sites for hydroxylation is 2. The molecule has 1 unspecified atom stereocenters. The number of anilines is 2. The van der Waals surface area contributed by atoms with E-state index in [0.29, 0.717) is 22.8 Å². The highest BCUT2D eigenvalue weighted by molar-refractivity contribution is 5.94. The molecule has 1 aromatic heterocycles. The van der Waals surface area contributed by atoms with Gasteiger partial charge in [0.25, 0.3) is 0 Å². The summed E-state index contributed by atoms with van der Waals surface area (Å²) in [5.74, 6) is -0.486. The zero-order valence-corrected chi connectivity index (χ0v) is 14.1. The van der Waals surface area contributed by atoms with Crippen molar-refractivity contribution in [1.82, 2.24) is 9.55 Å². The maximum Gasteiger partial charge on any atom is 0.348 e. The molecule has 2 aromatic rings. The Morgan fingerprint density at radius 1 is 1.08 bits per heavy atom. The highest BCUT2D eigenvalue weighted by atomic mass is 16.2. The lowest BCUT2D eigenvalue weighted by Crippen LogP contribution is -2.34. The standard InChI is InChI=1S/C17H20N4O3/c1-10-9-11(2)21(17(24)18-10)12(3)16(23)20-15-7-5-14(6-8-15)19-13(4)22/h5-9,12H,1-4H3,(H,19,22)(H,20,23). The molecule has 2 rings (SSSR count). The molecular formula is C17H20N4O3. The molecule has 0 radical (unpaired) electrons. The van der Waals surface area contributed by atoms with Crippen molar-refractivity contribution < 1.29 is 9.59 Å². The lowest BCUT2D eigenvalue weighted by atomic mass is 10.2. The average Bonchev–Trinajstić information content (AvgIpc) is 2.47. The number of rotatable bonds is 4. The maximum absolute atomic E-state index is 12.4. The minimum absolute atomic E-state index is 0.165. The second-order valence-electron chi connectivity index (χ2n) is 5.62. The van der Waals surface area contributed by atoms with Gasteiger partial charge in [-0.1, -0.05) is 0 Å². The van der Waals surface area contributed by atoms with Crippen molar-refractivity contribution in [1.29, 1.82) is 0 Å². The lowest BCUT2D eigenvalue weighted by Gasteiger charge is -2.17. The molecule has 24 heavy (non-hydrogen) atoms. The Balaban J connectivity index is 2.15. The first-order valence-corrected chi connectivity index (χ1v) is 7.53. The van der Waals surface area contributed by atoms with Crippen LogP contribution in [0.1, 0.15) is 31.3 Å². The number of nitrogens with one attached hydrogen (secondary N) is 2. The summed E-state index contributed by atoms with van der Waals surface area (Å²) in [4.78, 5) is 39.3. The predicted octanol–water partition coefficient (Wildman–Crippen LogP) is 2.02. The van der Waals surface area contributed by atoms with E-state index in [4.69, 9.17) is 0 Å². The zero-order valence-electron chi connectivity index (χ0n) is 14.1. The largest absolute Gasteiger partial charge is 0.348 e. The number of nitrogens with zero attached hydrogens (tertiary/aromatic N) is 2. The van der Waals surface area contributed by atoms with Crippen LogP contribution >= 0.6 is 0 Å². The number of aromatic nitrogens is 2. The SMILES string of the molecule is CC(=O)Nc1ccc(NC(=O)C(C)n2c(C)cc(C)nc2=O)cc1. The average molecular weight is 328 g/mol. The Morgan fingerprint density at radius 3 is 2.12 bits per heavy atom. The summed E-state index contributed by atoms with van der Waals surface area (Å²) in [5.41, 5.74) is 2.07. The first-order chi connectivity index (χ1) is 11.3. The van der Waals surface area contributed by atoms with E-state index in [-0.39, 0.29) is 11.8 Å². The molecule has 2 amide bonds. The topological polar surface area (TPSA) is 93.1 Å². The van der Waals surface area contributed by atoms with E-state index in [1.165, 1.54) is 11.5 Å². The van der Waals surface area contributed by atoms with Crippen molar-refractivity contribution in [2.45, 2.75) is 33.7 Å². The predicted molar refractivity (Wildman–Crippen MR) is 92.1 cm³/mol. The Bertz CT molecular complexity index is 825. The van der Waals surface area contributed by atoms with Gasteiger partial charge >= 0.3 is 5.69 Å². The van der Waals surface area contributed by atoms with Gasteiger partial charge in [-0.05, 0) is 51.1 Å². The molecule has 0 aliphatic heterocycles. The van der Waals surface area contributed by atoms with Crippen LogP contribution in [0.2, 0.25) is 0 Å². The molecule has 0 spiro atoms. The molecule has 0 saturated heterocycles. The van der Waals surface area contributed by atoms with E-state index in [2.05, 4.69) is 15.6 Å². The van der Waals surface area contributed by atoms with E-state index < -0.39 is 11.7 Å². The second-order valence-corrected chi connectivity index (χ2v) is 5.62. The molecule has 1 atom stereocenters. The number of carbonyl (C=O) groups is 2. The third kappa shape index (κ3) is 4.07. The van der Waals surface area contributed by atoms with Gasteiger partial charge < -0.3 is 10.6 Å². The van der Waals surface area contributed by atoms with Gasteiger partial charge in [0, 0.05) is 29.7 Å². The van der Waals surface area contributed by atoms with Gasteiger partial charge in [0.05, 0.1) is 0 Å². The first kappa shape index (κ1) is 17.4. The molecule has 1 aromatic carbocycles. The second kappa shape index (κ2) is 7.08. The van der Waals surface area contributed by atoms with Crippen LogP contribution in [0.15, 0.2) is 35.1 Å². The fraction of sp³-hybridized carbons (Fsp3) is 0.294. The quantitative estimate of drug-likeness (QED) is 0.898. The lowest BCUT2D eigenvalue weighted by molar-refractivity contribution is -0.119. The minimum Gasteiger partial charge on any atom is -0.326 e. The van der Waals surface area contributed by atoms with Crippen LogP contribution in [0.25, 0.3) is 0 Å². The molecule has 1 heterocycles. The maximum atomic E-state index is 12.4. The van der Waals surface area contributed by atoms with E-state index in [0.717, 1.165) is 0 Å². The highest BCUT2D eigenvalue weighted by Gasteiger charge is 2.18. The van der Waals surface area contributed by atoms with Crippen LogP contribution in [0.4, 0.5) is 11.4 Å². The van der Waals surface area contributed by atoms with Crippen LogP contribution in [0.5, 0.6) is 0 Å². The summed E-state index contributed by atoms with van der Waals surface area (Å²) in [6.45, 7) is 6.57. The van der Waals surface area contributed by atoms with Crippen molar-refractivity contribution in [2.24, 2.45) is 0 Å². The fourth-order valence-corrected chi connectivity index (χ4v) is 2.43.